The minimum Gasteiger partial charge on any atom is -0.459 e. The largest absolute Gasteiger partial charge is 0.459 e. The summed E-state index contributed by atoms with van der Waals surface area (Å²) in [6, 6.07) is 0. The van der Waals surface area contributed by atoms with Crippen molar-refractivity contribution in [2.45, 2.75) is 71.8 Å². The van der Waals surface area contributed by atoms with Crippen molar-refractivity contribution in [1.82, 2.24) is 0 Å². The molecule has 1 amide bonds. The number of primary amides is 1. The molecule has 0 aromatic heterocycles. The number of rotatable bonds is 5. The van der Waals surface area contributed by atoms with Crippen molar-refractivity contribution in [3.05, 3.63) is 23.8 Å². The molecule has 1 aliphatic rings. The number of amides is 1. The zero-order valence-electron chi connectivity index (χ0n) is 13.6. The van der Waals surface area contributed by atoms with Crippen LogP contribution in [0.2, 0.25) is 0 Å². The average Bonchev–Trinajstić information content (AvgIpc) is 2.46. The van der Waals surface area contributed by atoms with Crippen molar-refractivity contribution in [1.29, 1.82) is 0 Å². The Morgan fingerprint density at radius 1 is 1.19 bits per heavy atom. The van der Waals surface area contributed by atoms with Gasteiger partial charge in [-0.05, 0) is 45.4 Å². The van der Waals surface area contributed by atoms with Crippen molar-refractivity contribution in [3.8, 4) is 0 Å². The van der Waals surface area contributed by atoms with Crippen molar-refractivity contribution in [2.24, 2.45) is 5.73 Å². The molecule has 1 fully saturated rings. The predicted octanol–water partition coefficient (Wildman–Crippen LogP) is 3.66. The summed E-state index contributed by atoms with van der Waals surface area (Å²) in [4.78, 5) is 21.4. The number of allylic oxidation sites excluding steroid dienone is 1. The van der Waals surface area contributed by atoms with E-state index >= 15 is 0 Å². The Balaban J connectivity index is 0.000000400. The Hall–Kier alpha value is -1.58. The van der Waals surface area contributed by atoms with Crippen LogP contribution in [0, 0.1) is 0 Å². The fourth-order valence-corrected chi connectivity index (χ4v) is 2.09. The van der Waals surface area contributed by atoms with Gasteiger partial charge in [-0.1, -0.05) is 32.4 Å². The van der Waals surface area contributed by atoms with E-state index < -0.39 is 0 Å². The van der Waals surface area contributed by atoms with E-state index in [4.69, 9.17) is 10.5 Å². The number of carbonyl (C=O) groups is 2. The Labute approximate surface area is 128 Å². The lowest BCUT2D eigenvalue weighted by atomic mass is 9.98. The number of ether oxygens (including phenoxy) is 1. The summed E-state index contributed by atoms with van der Waals surface area (Å²) in [5.74, 6) is -0.574. The molecule has 0 radical (unpaired) electrons. The standard InChI is InChI=1S/C10H16O2.C7H13NO/c1-8(2)10(11)12-9-6-4-3-5-7-9;1-3-6(4-2)5-7(8)9/h9H,1,3-7H2,2H3;5H,3-4H2,1-2H3,(H2,8,9). The molecule has 2 N–H and O–H groups in total. The fraction of sp³-hybridized carbons (Fsp3) is 0.647. The van der Waals surface area contributed by atoms with Crippen molar-refractivity contribution in [2.75, 3.05) is 0 Å². The van der Waals surface area contributed by atoms with Gasteiger partial charge in [-0.15, -0.1) is 0 Å². The monoisotopic (exact) mass is 295 g/mol. The first kappa shape index (κ1) is 19.4. The second-order valence-electron chi connectivity index (χ2n) is 5.36. The van der Waals surface area contributed by atoms with Crippen molar-refractivity contribution >= 4 is 11.9 Å². The lowest BCUT2D eigenvalue weighted by Crippen LogP contribution is -2.20. The second kappa shape index (κ2) is 11.1. The van der Waals surface area contributed by atoms with Crippen LogP contribution in [-0.2, 0) is 14.3 Å². The minimum atomic E-state index is -0.339. The van der Waals surface area contributed by atoms with Crippen LogP contribution in [-0.4, -0.2) is 18.0 Å². The summed E-state index contributed by atoms with van der Waals surface area (Å²) in [5, 5.41) is 0. The highest BCUT2D eigenvalue weighted by atomic mass is 16.5. The Morgan fingerprint density at radius 2 is 1.71 bits per heavy atom. The van der Waals surface area contributed by atoms with E-state index in [1.54, 1.807) is 6.92 Å². The maximum Gasteiger partial charge on any atom is 0.333 e. The SMILES string of the molecule is C=C(C)C(=O)OC1CCCCC1.CCC(=CC(N)=O)CC. The van der Waals surface area contributed by atoms with Crippen LogP contribution in [0.5, 0.6) is 0 Å². The molecule has 120 valence electrons. The number of nitrogens with two attached hydrogens (primary N) is 1. The summed E-state index contributed by atoms with van der Waals surface area (Å²) >= 11 is 0. The molecule has 0 unspecified atom stereocenters. The summed E-state index contributed by atoms with van der Waals surface area (Å²) in [6.45, 7) is 9.26. The smallest absolute Gasteiger partial charge is 0.333 e. The highest BCUT2D eigenvalue weighted by Gasteiger charge is 2.17. The van der Waals surface area contributed by atoms with Crippen LogP contribution < -0.4 is 5.73 Å². The van der Waals surface area contributed by atoms with Gasteiger partial charge in [-0.25, -0.2) is 4.79 Å². The molecule has 21 heavy (non-hydrogen) atoms. The highest BCUT2D eigenvalue weighted by molar-refractivity contribution is 5.87. The van der Waals surface area contributed by atoms with E-state index in [0.717, 1.165) is 31.3 Å². The van der Waals surface area contributed by atoms with Crippen molar-refractivity contribution in [3.63, 3.8) is 0 Å². The minimum absolute atomic E-state index is 0.156. The van der Waals surface area contributed by atoms with E-state index in [1.807, 2.05) is 13.8 Å². The zero-order valence-corrected chi connectivity index (χ0v) is 13.6. The molecule has 4 heteroatoms. The van der Waals surface area contributed by atoms with E-state index in [2.05, 4.69) is 6.58 Å². The van der Waals surface area contributed by atoms with Gasteiger partial charge in [-0.2, -0.15) is 0 Å². The number of esters is 1. The Morgan fingerprint density at radius 3 is 2.05 bits per heavy atom. The van der Waals surface area contributed by atoms with Gasteiger partial charge in [0.05, 0.1) is 0 Å². The number of carbonyl (C=O) groups excluding carboxylic acids is 2. The predicted molar refractivity (Wildman–Crippen MR) is 85.6 cm³/mol. The number of hydrogen-bond donors (Lipinski definition) is 1. The first-order valence-corrected chi connectivity index (χ1v) is 7.76. The molecule has 0 atom stereocenters. The van der Waals surface area contributed by atoms with Crippen molar-refractivity contribution < 1.29 is 14.3 Å². The van der Waals surface area contributed by atoms with Crippen LogP contribution in [0.1, 0.15) is 65.7 Å². The molecule has 0 aromatic carbocycles. The molecule has 0 aromatic rings. The molecule has 1 rings (SSSR count). The molecule has 1 saturated carbocycles. The maximum absolute atomic E-state index is 11.1. The number of hydrogen-bond acceptors (Lipinski definition) is 3. The summed E-state index contributed by atoms with van der Waals surface area (Å²) in [5.41, 5.74) is 6.54. The van der Waals surface area contributed by atoms with Crippen LogP contribution >= 0.6 is 0 Å². The van der Waals surface area contributed by atoms with E-state index in [1.165, 1.54) is 25.3 Å². The quantitative estimate of drug-likeness (QED) is 0.621. The first-order valence-electron chi connectivity index (χ1n) is 7.76. The first-order chi connectivity index (χ1) is 9.90. The summed E-state index contributed by atoms with van der Waals surface area (Å²) in [6.07, 6.45) is 9.20. The van der Waals surface area contributed by atoms with Crippen LogP contribution in [0.15, 0.2) is 23.8 Å². The van der Waals surface area contributed by atoms with E-state index in [9.17, 15) is 9.59 Å². The zero-order chi connectivity index (χ0) is 16.3. The topological polar surface area (TPSA) is 69.4 Å². The van der Waals surface area contributed by atoms with Crippen LogP contribution in [0.25, 0.3) is 0 Å². The molecule has 0 saturated heterocycles. The fourth-order valence-electron chi connectivity index (χ4n) is 2.09. The second-order valence-corrected chi connectivity index (χ2v) is 5.36. The lowest BCUT2D eigenvalue weighted by molar-refractivity contribution is -0.145. The molecule has 4 nitrogen and oxygen atoms in total. The van der Waals surface area contributed by atoms with Crippen LogP contribution in [0.4, 0.5) is 0 Å². The lowest BCUT2D eigenvalue weighted by Gasteiger charge is -2.21. The Kier molecular flexibility index (Phi) is 10.3. The maximum atomic E-state index is 11.1. The molecular formula is C17H29NO3. The highest BCUT2D eigenvalue weighted by Crippen LogP contribution is 2.20. The van der Waals surface area contributed by atoms with Gasteiger partial charge in [0.15, 0.2) is 0 Å². The third kappa shape index (κ3) is 9.88. The summed E-state index contributed by atoms with van der Waals surface area (Å²) in [7, 11) is 0. The Bertz CT molecular complexity index is 373. The van der Waals surface area contributed by atoms with Gasteiger partial charge in [0.2, 0.25) is 5.91 Å². The molecular weight excluding hydrogens is 266 g/mol. The average molecular weight is 295 g/mol. The third-order valence-corrected chi connectivity index (χ3v) is 3.43. The molecule has 0 bridgehead atoms. The van der Waals surface area contributed by atoms with Crippen LogP contribution in [0.3, 0.4) is 0 Å². The third-order valence-electron chi connectivity index (χ3n) is 3.43. The van der Waals surface area contributed by atoms with Gasteiger partial charge in [-0.3, -0.25) is 4.79 Å². The summed E-state index contributed by atoms with van der Waals surface area (Å²) < 4.78 is 5.21. The van der Waals surface area contributed by atoms with E-state index in [0.29, 0.717) is 5.57 Å². The van der Waals surface area contributed by atoms with Gasteiger partial charge in [0.25, 0.3) is 0 Å². The van der Waals surface area contributed by atoms with Gasteiger partial charge in [0, 0.05) is 11.6 Å². The normalized spacial score (nSPS) is 14.4. The van der Waals surface area contributed by atoms with Gasteiger partial charge < -0.3 is 10.5 Å². The van der Waals surface area contributed by atoms with E-state index in [-0.39, 0.29) is 18.0 Å². The van der Waals surface area contributed by atoms with Gasteiger partial charge in [0.1, 0.15) is 6.10 Å². The van der Waals surface area contributed by atoms with Gasteiger partial charge >= 0.3 is 5.97 Å². The molecule has 0 spiro atoms. The molecule has 1 aliphatic carbocycles. The molecule has 0 heterocycles. The molecule has 0 aliphatic heterocycles.